The number of ether oxygens (including phenoxy) is 3. The minimum absolute atomic E-state index is 0.00246. The van der Waals surface area contributed by atoms with Crippen molar-refractivity contribution in [3.63, 3.8) is 0 Å². The van der Waals surface area contributed by atoms with E-state index in [0.29, 0.717) is 28.5 Å². The molecular weight excluding hydrogens is 482 g/mol. The van der Waals surface area contributed by atoms with Gasteiger partial charge in [-0.1, -0.05) is 0 Å². The molecule has 2 aliphatic rings. The van der Waals surface area contributed by atoms with Gasteiger partial charge in [0.15, 0.2) is 0 Å². The number of anilines is 1. The summed E-state index contributed by atoms with van der Waals surface area (Å²) in [7, 11) is 4.49. The highest BCUT2D eigenvalue weighted by molar-refractivity contribution is 6.25. The monoisotopic (exact) mass is 503 g/mol. The Labute approximate surface area is 210 Å². The maximum absolute atomic E-state index is 13.6. The van der Waals surface area contributed by atoms with E-state index in [1.54, 1.807) is 42.5 Å². The number of nitro groups is 1. The zero-order chi connectivity index (χ0) is 26.4. The van der Waals surface area contributed by atoms with Crippen LogP contribution in [0.25, 0.3) is 0 Å². The molecule has 0 unspecified atom stereocenters. The summed E-state index contributed by atoms with van der Waals surface area (Å²) in [6, 6.07) is 13.2. The number of hydrogen-bond donors (Lipinski definition) is 0. The van der Waals surface area contributed by atoms with Crippen LogP contribution < -0.4 is 19.1 Å². The van der Waals surface area contributed by atoms with Crippen molar-refractivity contribution < 1.29 is 33.5 Å². The fourth-order valence-corrected chi connectivity index (χ4v) is 4.75. The summed E-state index contributed by atoms with van der Waals surface area (Å²) in [4.78, 5) is 53.3. The molecule has 0 spiro atoms. The van der Waals surface area contributed by atoms with Gasteiger partial charge in [-0.15, -0.1) is 0 Å². The predicted molar refractivity (Wildman–Crippen MR) is 130 cm³/mol. The van der Waals surface area contributed by atoms with Crippen molar-refractivity contribution >= 4 is 29.1 Å². The van der Waals surface area contributed by atoms with E-state index in [0.717, 1.165) is 17.0 Å². The van der Waals surface area contributed by atoms with Gasteiger partial charge in [0.1, 0.15) is 23.3 Å². The van der Waals surface area contributed by atoms with Crippen LogP contribution in [0.5, 0.6) is 17.2 Å². The maximum Gasteiger partial charge on any atom is 0.270 e. The first kappa shape index (κ1) is 23.8. The van der Waals surface area contributed by atoms with Gasteiger partial charge in [-0.05, 0) is 48.5 Å². The highest BCUT2D eigenvalue weighted by atomic mass is 16.6. The second-order valence-corrected chi connectivity index (χ2v) is 8.37. The minimum atomic E-state index is -1.21. The molecule has 11 heteroatoms. The number of imide groups is 1. The second kappa shape index (κ2) is 8.94. The van der Waals surface area contributed by atoms with Crippen LogP contribution in [0.3, 0.4) is 0 Å². The first-order chi connectivity index (χ1) is 17.8. The topological polar surface area (TPSA) is 129 Å². The molecule has 3 amide bonds. The minimum Gasteiger partial charge on any atom is -0.497 e. The molecule has 5 rings (SSSR count). The van der Waals surface area contributed by atoms with Crippen molar-refractivity contribution in [2.45, 2.75) is 12.1 Å². The van der Waals surface area contributed by atoms with Gasteiger partial charge in [-0.3, -0.25) is 29.4 Å². The van der Waals surface area contributed by atoms with Gasteiger partial charge in [0.25, 0.3) is 23.4 Å². The number of β-lactam (4-membered cyclic amide) rings is 1. The summed E-state index contributed by atoms with van der Waals surface area (Å²) in [5.74, 6) is -0.469. The van der Waals surface area contributed by atoms with Crippen LogP contribution in [0.4, 0.5) is 11.4 Å². The Morgan fingerprint density at radius 1 is 0.730 bits per heavy atom. The van der Waals surface area contributed by atoms with Gasteiger partial charge in [-0.2, -0.15) is 0 Å². The number of benzene rings is 3. The van der Waals surface area contributed by atoms with Crippen LogP contribution in [-0.4, -0.2) is 54.9 Å². The molecule has 0 N–H and O–H groups in total. The summed E-state index contributed by atoms with van der Waals surface area (Å²) in [5.41, 5.74) is 0.593. The van der Waals surface area contributed by atoms with Crippen LogP contribution in [0.15, 0.2) is 60.7 Å². The lowest BCUT2D eigenvalue weighted by Crippen LogP contribution is -2.67. The number of nitrogens with zero attached hydrogens (tertiary/aromatic N) is 3. The van der Waals surface area contributed by atoms with Gasteiger partial charge in [-0.25, -0.2) is 0 Å². The smallest absolute Gasteiger partial charge is 0.270 e. The fourth-order valence-electron chi connectivity index (χ4n) is 4.75. The van der Waals surface area contributed by atoms with Crippen LogP contribution in [0.2, 0.25) is 0 Å². The fraction of sp³-hybridized carbons (Fsp3) is 0.192. The highest BCUT2D eigenvalue weighted by Gasteiger charge is 2.58. The van der Waals surface area contributed by atoms with Gasteiger partial charge in [0.05, 0.1) is 43.4 Å². The van der Waals surface area contributed by atoms with Crippen molar-refractivity contribution in [2.24, 2.45) is 0 Å². The van der Waals surface area contributed by atoms with Gasteiger partial charge >= 0.3 is 0 Å². The Morgan fingerprint density at radius 2 is 1.38 bits per heavy atom. The third-order valence-electron chi connectivity index (χ3n) is 6.56. The molecule has 0 saturated carbocycles. The van der Waals surface area contributed by atoms with Crippen molar-refractivity contribution in [1.82, 2.24) is 4.90 Å². The summed E-state index contributed by atoms with van der Waals surface area (Å²) in [5, 5.41) is 11.2. The normalized spacial score (nSPS) is 18.4. The lowest BCUT2D eigenvalue weighted by Gasteiger charge is -2.50. The number of nitro benzene ring substituents is 1. The SMILES string of the molecule is COc1ccc(N2C(=O)[C@@H](N3C(=O)c4ccc([N+](=O)[O-])cc4C3=O)[C@H]2c2cc(OC)ccc2OC)cc1. The van der Waals surface area contributed by atoms with Crippen LogP contribution in [0.1, 0.15) is 32.3 Å². The number of hydrogen-bond acceptors (Lipinski definition) is 8. The van der Waals surface area contributed by atoms with E-state index in [1.807, 2.05) is 0 Å². The number of non-ortho nitro benzene ring substituents is 1. The van der Waals surface area contributed by atoms with Crippen LogP contribution in [-0.2, 0) is 4.79 Å². The largest absolute Gasteiger partial charge is 0.497 e. The molecule has 3 aromatic carbocycles. The number of fused-ring (bicyclic) bond motifs is 1. The summed E-state index contributed by atoms with van der Waals surface area (Å²) >= 11 is 0. The first-order valence-electron chi connectivity index (χ1n) is 11.2. The lowest BCUT2D eigenvalue weighted by atomic mass is 9.85. The van der Waals surface area contributed by atoms with Crippen LogP contribution >= 0.6 is 0 Å². The summed E-state index contributed by atoms with van der Waals surface area (Å²) in [6.45, 7) is 0. The number of carbonyl (C=O) groups excluding carboxylic acids is 3. The molecule has 0 bridgehead atoms. The van der Waals surface area contributed by atoms with E-state index in [-0.39, 0.29) is 16.8 Å². The average molecular weight is 503 g/mol. The standard InChI is InChI=1S/C26H21N3O8/c1-35-16-7-4-14(5-8-16)27-22(20-13-17(36-2)9-11-21(20)37-3)23(26(27)32)28-24(30)18-10-6-15(29(33)34)12-19(18)25(28)31/h4-13,22-23H,1-3H3/t22-,23+/m1/s1. The number of methoxy groups -OCH3 is 3. The zero-order valence-corrected chi connectivity index (χ0v) is 20.0. The van der Waals surface area contributed by atoms with E-state index in [1.165, 1.54) is 32.3 Å². The molecule has 1 saturated heterocycles. The Bertz CT molecular complexity index is 1450. The molecule has 2 aliphatic heterocycles. The zero-order valence-electron chi connectivity index (χ0n) is 20.0. The Kier molecular flexibility index (Phi) is 5.75. The molecule has 0 aromatic heterocycles. The molecule has 2 heterocycles. The molecule has 1 fully saturated rings. The van der Waals surface area contributed by atoms with Crippen molar-refractivity contribution in [3.05, 3.63) is 87.5 Å². The van der Waals surface area contributed by atoms with Gasteiger partial charge < -0.3 is 19.1 Å². The Hall–Kier alpha value is -4.93. The molecule has 2 atom stereocenters. The van der Waals surface area contributed by atoms with E-state index < -0.39 is 34.7 Å². The third-order valence-corrected chi connectivity index (χ3v) is 6.56. The Morgan fingerprint density at radius 3 is 2.00 bits per heavy atom. The maximum atomic E-state index is 13.6. The van der Waals surface area contributed by atoms with E-state index in [2.05, 4.69) is 0 Å². The lowest BCUT2D eigenvalue weighted by molar-refractivity contribution is -0.384. The molecule has 11 nitrogen and oxygen atoms in total. The third kappa shape index (κ3) is 3.63. The first-order valence-corrected chi connectivity index (χ1v) is 11.2. The van der Waals surface area contributed by atoms with Crippen molar-refractivity contribution in [1.29, 1.82) is 0 Å². The van der Waals surface area contributed by atoms with Crippen molar-refractivity contribution in [3.8, 4) is 17.2 Å². The van der Waals surface area contributed by atoms with E-state index >= 15 is 0 Å². The quantitative estimate of drug-likeness (QED) is 0.208. The Balaban J connectivity index is 1.62. The molecule has 0 aliphatic carbocycles. The van der Waals surface area contributed by atoms with Crippen molar-refractivity contribution in [2.75, 3.05) is 26.2 Å². The highest BCUT2D eigenvalue weighted by Crippen LogP contribution is 2.47. The molecule has 3 aromatic rings. The van der Waals surface area contributed by atoms with E-state index in [9.17, 15) is 24.5 Å². The number of carbonyl (C=O) groups is 3. The average Bonchev–Trinajstić information content (AvgIpc) is 3.16. The number of rotatable bonds is 7. The van der Waals surface area contributed by atoms with Gasteiger partial charge in [0.2, 0.25) is 0 Å². The van der Waals surface area contributed by atoms with Gasteiger partial charge in [0, 0.05) is 23.4 Å². The molecule has 188 valence electrons. The number of amides is 3. The predicted octanol–water partition coefficient (Wildman–Crippen LogP) is 3.37. The molecule has 0 radical (unpaired) electrons. The summed E-state index contributed by atoms with van der Waals surface area (Å²) in [6.07, 6.45) is 0. The molecular formula is C26H21N3O8. The van der Waals surface area contributed by atoms with Crippen LogP contribution in [0, 0.1) is 10.1 Å². The molecule has 37 heavy (non-hydrogen) atoms. The second-order valence-electron chi connectivity index (χ2n) is 8.37. The summed E-state index contributed by atoms with van der Waals surface area (Å²) < 4.78 is 16.1. The van der Waals surface area contributed by atoms with E-state index in [4.69, 9.17) is 14.2 Å².